The lowest BCUT2D eigenvalue weighted by Gasteiger charge is -2.11. The second-order valence-corrected chi connectivity index (χ2v) is 8.69. The van der Waals surface area contributed by atoms with Crippen molar-refractivity contribution in [2.45, 2.75) is 11.3 Å². The van der Waals surface area contributed by atoms with E-state index < -0.39 is 10.0 Å². The van der Waals surface area contributed by atoms with Crippen molar-refractivity contribution in [1.82, 2.24) is 9.71 Å². The normalized spacial score (nSPS) is 11.3. The number of carbonyl (C=O) groups excluding carboxylic acids is 1. The van der Waals surface area contributed by atoms with E-state index in [0.29, 0.717) is 17.2 Å². The summed E-state index contributed by atoms with van der Waals surface area (Å²) in [6, 6.07) is 17.3. The number of anilines is 1. The summed E-state index contributed by atoms with van der Waals surface area (Å²) in [5.74, 6) is 0.416. The highest BCUT2D eigenvalue weighted by Crippen LogP contribution is 2.29. The fourth-order valence-corrected chi connectivity index (χ4v) is 4.01. The maximum absolute atomic E-state index is 12.5. The van der Waals surface area contributed by atoms with E-state index in [9.17, 15) is 13.2 Å². The van der Waals surface area contributed by atoms with Crippen LogP contribution >= 0.6 is 0 Å². The standard InChI is InChI=1S/C24H25N3O5S/c1-31-22-12-11-21(17-23(22)32-2)33(29,30)26-15-13-24(28)27-20-8-5-6-18(16-20)9-10-19-7-3-4-14-25-19/h3-12,14,16-17,26H,13,15H2,1-2H3,(H,27,28)/b10-9+. The van der Waals surface area contributed by atoms with Crippen LogP contribution < -0.4 is 19.5 Å². The Morgan fingerprint density at radius 3 is 2.52 bits per heavy atom. The molecule has 33 heavy (non-hydrogen) atoms. The van der Waals surface area contributed by atoms with Gasteiger partial charge in [-0.25, -0.2) is 13.1 Å². The van der Waals surface area contributed by atoms with Gasteiger partial charge in [0.1, 0.15) is 0 Å². The van der Waals surface area contributed by atoms with Gasteiger partial charge in [0.15, 0.2) is 11.5 Å². The van der Waals surface area contributed by atoms with Crippen molar-refractivity contribution in [3.63, 3.8) is 0 Å². The number of sulfonamides is 1. The molecule has 0 fully saturated rings. The number of aromatic nitrogens is 1. The number of nitrogens with zero attached hydrogens (tertiary/aromatic N) is 1. The molecule has 0 bridgehead atoms. The van der Waals surface area contributed by atoms with Crippen molar-refractivity contribution < 1.29 is 22.7 Å². The summed E-state index contributed by atoms with van der Waals surface area (Å²) < 4.78 is 37.7. The highest BCUT2D eigenvalue weighted by Gasteiger charge is 2.17. The molecule has 0 spiro atoms. The molecule has 0 aliphatic carbocycles. The Bertz CT molecular complexity index is 1230. The molecule has 0 aliphatic heterocycles. The van der Waals surface area contributed by atoms with Crippen molar-refractivity contribution in [2.24, 2.45) is 0 Å². The Morgan fingerprint density at radius 1 is 0.970 bits per heavy atom. The zero-order valence-corrected chi connectivity index (χ0v) is 19.1. The second-order valence-electron chi connectivity index (χ2n) is 6.93. The minimum atomic E-state index is -3.81. The molecule has 1 heterocycles. The van der Waals surface area contributed by atoms with Gasteiger partial charge < -0.3 is 14.8 Å². The molecule has 0 atom stereocenters. The minimum Gasteiger partial charge on any atom is -0.493 e. The summed E-state index contributed by atoms with van der Waals surface area (Å²) in [7, 11) is -0.914. The number of pyridine rings is 1. The molecule has 2 aromatic carbocycles. The van der Waals surface area contributed by atoms with E-state index in [1.165, 1.54) is 32.4 Å². The maximum Gasteiger partial charge on any atom is 0.240 e. The lowest BCUT2D eigenvalue weighted by molar-refractivity contribution is -0.116. The Labute approximate surface area is 193 Å². The number of carbonyl (C=O) groups is 1. The fourth-order valence-electron chi connectivity index (χ4n) is 2.97. The minimum absolute atomic E-state index is 0.0213. The SMILES string of the molecule is COc1ccc(S(=O)(=O)NCCC(=O)Nc2cccc(/C=C/c3ccccn3)c2)cc1OC. The van der Waals surface area contributed by atoms with Crippen LogP contribution in [0, 0.1) is 0 Å². The summed E-state index contributed by atoms with van der Waals surface area (Å²) >= 11 is 0. The zero-order chi connectivity index (χ0) is 23.7. The first kappa shape index (κ1) is 24.0. The first-order valence-electron chi connectivity index (χ1n) is 10.1. The summed E-state index contributed by atoms with van der Waals surface area (Å²) in [4.78, 5) is 16.6. The molecule has 2 N–H and O–H groups in total. The van der Waals surface area contributed by atoms with Gasteiger partial charge in [0, 0.05) is 30.9 Å². The molecule has 0 unspecified atom stereocenters. The van der Waals surface area contributed by atoms with Gasteiger partial charge in [-0.1, -0.05) is 24.3 Å². The number of rotatable bonds is 10. The van der Waals surface area contributed by atoms with E-state index in [0.717, 1.165) is 11.3 Å². The summed E-state index contributed by atoms with van der Waals surface area (Å²) in [6.07, 6.45) is 5.47. The van der Waals surface area contributed by atoms with E-state index >= 15 is 0 Å². The summed E-state index contributed by atoms with van der Waals surface area (Å²) in [6.45, 7) is -0.0538. The molecule has 0 radical (unpaired) electrons. The number of nitrogens with one attached hydrogen (secondary N) is 2. The molecular formula is C24H25N3O5S. The molecular weight excluding hydrogens is 442 g/mol. The van der Waals surface area contributed by atoms with Gasteiger partial charge >= 0.3 is 0 Å². The van der Waals surface area contributed by atoms with Crippen LogP contribution in [0.4, 0.5) is 5.69 Å². The number of methoxy groups -OCH3 is 2. The van der Waals surface area contributed by atoms with Gasteiger partial charge in [0.05, 0.1) is 24.8 Å². The van der Waals surface area contributed by atoms with Gasteiger partial charge in [0.2, 0.25) is 15.9 Å². The number of hydrogen-bond donors (Lipinski definition) is 2. The van der Waals surface area contributed by atoms with E-state index in [4.69, 9.17) is 9.47 Å². The monoisotopic (exact) mass is 467 g/mol. The third-order valence-corrected chi connectivity index (χ3v) is 6.07. The molecule has 0 saturated heterocycles. The van der Waals surface area contributed by atoms with Crippen LogP contribution in [0.2, 0.25) is 0 Å². The highest BCUT2D eigenvalue weighted by atomic mass is 32.2. The van der Waals surface area contributed by atoms with Crippen molar-refractivity contribution in [2.75, 3.05) is 26.1 Å². The lowest BCUT2D eigenvalue weighted by Crippen LogP contribution is -2.27. The molecule has 9 heteroatoms. The van der Waals surface area contributed by atoms with Gasteiger partial charge in [-0.2, -0.15) is 0 Å². The zero-order valence-electron chi connectivity index (χ0n) is 18.3. The van der Waals surface area contributed by atoms with Crippen LogP contribution in [0.25, 0.3) is 12.2 Å². The van der Waals surface area contributed by atoms with Gasteiger partial charge in [-0.05, 0) is 48.0 Å². The topological polar surface area (TPSA) is 107 Å². The Balaban J connectivity index is 1.55. The molecule has 172 valence electrons. The quantitative estimate of drug-likeness (QED) is 0.472. The number of hydrogen-bond acceptors (Lipinski definition) is 6. The molecule has 3 aromatic rings. The average Bonchev–Trinajstić information content (AvgIpc) is 2.83. The summed E-state index contributed by atoms with van der Waals surface area (Å²) in [5, 5.41) is 2.78. The molecule has 8 nitrogen and oxygen atoms in total. The van der Waals surface area contributed by atoms with Crippen LogP contribution in [0.3, 0.4) is 0 Å². The van der Waals surface area contributed by atoms with Crippen molar-refractivity contribution in [1.29, 1.82) is 0 Å². The van der Waals surface area contributed by atoms with Gasteiger partial charge in [-0.15, -0.1) is 0 Å². The van der Waals surface area contributed by atoms with Crippen LogP contribution in [-0.2, 0) is 14.8 Å². The lowest BCUT2D eigenvalue weighted by atomic mass is 10.1. The fraction of sp³-hybridized carbons (Fsp3) is 0.167. The first-order valence-corrected chi connectivity index (χ1v) is 11.6. The predicted molar refractivity (Wildman–Crippen MR) is 128 cm³/mol. The third kappa shape index (κ3) is 6.90. The van der Waals surface area contributed by atoms with Crippen molar-refractivity contribution in [3.8, 4) is 11.5 Å². The van der Waals surface area contributed by atoms with E-state index in [1.54, 1.807) is 12.3 Å². The van der Waals surface area contributed by atoms with E-state index in [-0.39, 0.29) is 23.8 Å². The van der Waals surface area contributed by atoms with Gasteiger partial charge in [-0.3, -0.25) is 9.78 Å². The highest BCUT2D eigenvalue weighted by molar-refractivity contribution is 7.89. The Kier molecular flexibility index (Phi) is 8.17. The Morgan fingerprint density at radius 2 is 1.79 bits per heavy atom. The number of amides is 1. The predicted octanol–water partition coefficient (Wildman–Crippen LogP) is 3.58. The smallest absolute Gasteiger partial charge is 0.240 e. The number of ether oxygens (including phenoxy) is 2. The van der Waals surface area contributed by atoms with Crippen LogP contribution in [0.1, 0.15) is 17.7 Å². The van der Waals surface area contributed by atoms with Gasteiger partial charge in [0.25, 0.3) is 0 Å². The molecule has 3 rings (SSSR count). The van der Waals surface area contributed by atoms with Crippen LogP contribution in [0.5, 0.6) is 11.5 Å². The third-order valence-electron chi connectivity index (χ3n) is 4.61. The first-order chi connectivity index (χ1) is 15.9. The van der Waals surface area contributed by atoms with E-state index in [2.05, 4.69) is 15.0 Å². The second kappa shape index (κ2) is 11.3. The van der Waals surface area contributed by atoms with Crippen LogP contribution in [0.15, 0.2) is 71.8 Å². The van der Waals surface area contributed by atoms with Crippen molar-refractivity contribution >= 4 is 33.8 Å². The molecule has 1 amide bonds. The summed E-state index contributed by atoms with van der Waals surface area (Å²) in [5.41, 5.74) is 2.34. The van der Waals surface area contributed by atoms with E-state index in [1.807, 2.05) is 48.6 Å². The molecule has 0 saturated carbocycles. The van der Waals surface area contributed by atoms with Crippen molar-refractivity contribution in [3.05, 3.63) is 78.1 Å². The largest absolute Gasteiger partial charge is 0.493 e. The Hall–Kier alpha value is -3.69. The maximum atomic E-state index is 12.5. The average molecular weight is 468 g/mol. The number of benzene rings is 2. The van der Waals surface area contributed by atoms with Crippen LogP contribution in [-0.4, -0.2) is 40.1 Å². The molecule has 1 aromatic heterocycles. The molecule has 0 aliphatic rings.